The van der Waals surface area contributed by atoms with Gasteiger partial charge in [0.15, 0.2) is 5.76 Å². The minimum absolute atomic E-state index is 0.161. The first-order valence-electron chi connectivity index (χ1n) is 9.06. The van der Waals surface area contributed by atoms with Gasteiger partial charge in [0, 0.05) is 15.5 Å². The molecule has 2 amide bonds. The first kappa shape index (κ1) is 18.8. The second-order valence-electron chi connectivity index (χ2n) is 6.86. The van der Waals surface area contributed by atoms with E-state index in [0.29, 0.717) is 21.3 Å². The standard InChI is InChI=1S/C21H19ClN2O3S/c1-11-6-7-12(10-14(11)22)15-8-9-16(27-15)20(26)24-21-18(19(23)25)13-4-2-3-5-17(13)28-21/h6-10H,2-5H2,1H3,(H2,23,25)(H,24,26). The third-order valence-electron chi connectivity index (χ3n) is 4.93. The topological polar surface area (TPSA) is 85.3 Å². The molecule has 1 aliphatic rings. The zero-order valence-electron chi connectivity index (χ0n) is 15.3. The van der Waals surface area contributed by atoms with Crippen molar-refractivity contribution in [3.05, 3.63) is 62.7 Å². The Bertz CT molecular complexity index is 1080. The molecule has 5 nitrogen and oxygen atoms in total. The quantitative estimate of drug-likeness (QED) is 0.615. The van der Waals surface area contributed by atoms with E-state index < -0.39 is 11.8 Å². The lowest BCUT2D eigenvalue weighted by Crippen LogP contribution is -2.18. The van der Waals surface area contributed by atoms with Crippen molar-refractivity contribution >= 4 is 39.8 Å². The summed E-state index contributed by atoms with van der Waals surface area (Å²) in [6, 6.07) is 8.92. The van der Waals surface area contributed by atoms with Crippen molar-refractivity contribution in [2.24, 2.45) is 5.73 Å². The Balaban J connectivity index is 1.60. The first-order valence-corrected chi connectivity index (χ1v) is 10.3. The highest BCUT2D eigenvalue weighted by Crippen LogP contribution is 2.38. The molecule has 2 aromatic heterocycles. The molecule has 0 spiro atoms. The normalized spacial score (nSPS) is 13.2. The van der Waals surface area contributed by atoms with E-state index in [9.17, 15) is 9.59 Å². The third kappa shape index (κ3) is 3.45. The number of halogens is 1. The second-order valence-corrected chi connectivity index (χ2v) is 8.37. The van der Waals surface area contributed by atoms with Crippen LogP contribution >= 0.6 is 22.9 Å². The summed E-state index contributed by atoms with van der Waals surface area (Å²) in [5, 5.41) is 3.94. The summed E-state index contributed by atoms with van der Waals surface area (Å²) in [5.74, 6) is -0.212. The van der Waals surface area contributed by atoms with Crippen molar-refractivity contribution in [3.8, 4) is 11.3 Å². The van der Waals surface area contributed by atoms with Gasteiger partial charge in [-0.3, -0.25) is 9.59 Å². The van der Waals surface area contributed by atoms with Gasteiger partial charge in [-0.25, -0.2) is 0 Å². The molecular weight excluding hydrogens is 396 g/mol. The third-order valence-corrected chi connectivity index (χ3v) is 6.55. The van der Waals surface area contributed by atoms with Crippen LogP contribution in [0.2, 0.25) is 5.02 Å². The molecule has 3 aromatic rings. The molecule has 0 bridgehead atoms. The number of hydrogen-bond donors (Lipinski definition) is 2. The SMILES string of the molecule is Cc1ccc(-c2ccc(C(=O)Nc3sc4c(c3C(N)=O)CCCC4)o2)cc1Cl. The van der Waals surface area contributed by atoms with Crippen LogP contribution in [0.25, 0.3) is 11.3 Å². The minimum atomic E-state index is -0.510. The molecule has 28 heavy (non-hydrogen) atoms. The van der Waals surface area contributed by atoms with Crippen molar-refractivity contribution < 1.29 is 14.0 Å². The van der Waals surface area contributed by atoms with Gasteiger partial charge in [0.2, 0.25) is 0 Å². The lowest BCUT2D eigenvalue weighted by molar-refractivity contribution is 0.0998. The van der Waals surface area contributed by atoms with Crippen LogP contribution < -0.4 is 11.1 Å². The van der Waals surface area contributed by atoms with Crippen molar-refractivity contribution in [3.63, 3.8) is 0 Å². The number of benzene rings is 1. The monoisotopic (exact) mass is 414 g/mol. The number of fused-ring (bicyclic) bond motifs is 1. The summed E-state index contributed by atoms with van der Waals surface area (Å²) in [4.78, 5) is 25.8. The highest BCUT2D eigenvalue weighted by molar-refractivity contribution is 7.17. The number of primary amides is 1. The van der Waals surface area contributed by atoms with E-state index in [1.165, 1.54) is 11.3 Å². The fraction of sp³-hybridized carbons (Fsp3) is 0.238. The summed E-state index contributed by atoms with van der Waals surface area (Å²) in [6.07, 6.45) is 3.84. The number of amides is 2. The van der Waals surface area contributed by atoms with Crippen LogP contribution in [0.5, 0.6) is 0 Å². The highest BCUT2D eigenvalue weighted by atomic mass is 35.5. The van der Waals surface area contributed by atoms with Crippen LogP contribution in [0, 0.1) is 6.92 Å². The molecule has 1 aromatic carbocycles. The van der Waals surface area contributed by atoms with Gasteiger partial charge in [0.25, 0.3) is 11.8 Å². The molecule has 0 radical (unpaired) electrons. The number of hydrogen-bond acceptors (Lipinski definition) is 4. The summed E-state index contributed by atoms with van der Waals surface area (Å²) in [7, 11) is 0. The lowest BCUT2D eigenvalue weighted by atomic mass is 9.95. The van der Waals surface area contributed by atoms with E-state index in [1.54, 1.807) is 18.2 Å². The highest BCUT2D eigenvalue weighted by Gasteiger charge is 2.25. The zero-order valence-corrected chi connectivity index (χ0v) is 16.9. The van der Waals surface area contributed by atoms with Gasteiger partial charge in [-0.15, -0.1) is 11.3 Å². The van der Waals surface area contributed by atoms with E-state index in [2.05, 4.69) is 5.32 Å². The fourth-order valence-electron chi connectivity index (χ4n) is 3.44. The number of furan rings is 1. The Hall–Kier alpha value is -2.57. The molecule has 3 N–H and O–H groups in total. The largest absolute Gasteiger partial charge is 0.451 e. The van der Waals surface area contributed by atoms with Gasteiger partial charge in [-0.1, -0.05) is 23.7 Å². The molecule has 0 unspecified atom stereocenters. The molecule has 0 atom stereocenters. The van der Waals surface area contributed by atoms with Gasteiger partial charge in [-0.2, -0.15) is 0 Å². The minimum Gasteiger partial charge on any atom is -0.451 e. The Labute approximate surface area is 171 Å². The van der Waals surface area contributed by atoms with Gasteiger partial charge in [0.1, 0.15) is 10.8 Å². The summed E-state index contributed by atoms with van der Waals surface area (Å²) in [5.41, 5.74) is 8.76. The van der Waals surface area contributed by atoms with E-state index >= 15 is 0 Å². The Morgan fingerprint density at radius 1 is 1.18 bits per heavy atom. The predicted octanol–water partition coefficient (Wildman–Crippen LogP) is 5.20. The first-order chi connectivity index (χ1) is 13.4. The van der Waals surface area contributed by atoms with Crippen molar-refractivity contribution in [2.75, 3.05) is 5.32 Å². The number of anilines is 1. The number of thiophene rings is 1. The number of nitrogens with one attached hydrogen (secondary N) is 1. The van der Waals surface area contributed by atoms with Crippen LogP contribution in [0.15, 0.2) is 34.7 Å². The Kier molecular flexibility index (Phi) is 5.00. The predicted molar refractivity (Wildman–Crippen MR) is 111 cm³/mol. The molecule has 0 aliphatic heterocycles. The van der Waals surface area contributed by atoms with Crippen LogP contribution in [0.1, 0.15) is 49.8 Å². The maximum Gasteiger partial charge on any atom is 0.292 e. The number of rotatable bonds is 4. The molecule has 144 valence electrons. The average Bonchev–Trinajstić information content (AvgIpc) is 3.28. The molecule has 4 rings (SSSR count). The van der Waals surface area contributed by atoms with Crippen molar-refractivity contribution in [1.82, 2.24) is 0 Å². The van der Waals surface area contributed by atoms with E-state index in [-0.39, 0.29) is 5.76 Å². The fourth-order valence-corrected chi connectivity index (χ4v) is 4.91. The smallest absolute Gasteiger partial charge is 0.292 e. The van der Waals surface area contributed by atoms with Crippen LogP contribution in [0.3, 0.4) is 0 Å². The average molecular weight is 415 g/mol. The zero-order chi connectivity index (χ0) is 19.8. The van der Waals surface area contributed by atoms with Crippen LogP contribution in [0.4, 0.5) is 5.00 Å². The molecule has 1 aliphatic carbocycles. The number of carbonyl (C=O) groups excluding carboxylic acids is 2. The summed E-state index contributed by atoms with van der Waals surface area (Å²) in [6.45, 7) is 1.92. The Morgan fingerprint density at radius 2 is 1.96 bits per heavy atom. The van der Waals surface area contributed by atoms with Crippen LogP contribution in [-0.4, -0.2) is 11.8 Å². The van der Waals surface area contributed by atoms with Gasteiger partial charge in [0.05, 0.1) is 5.56 Å². The number of aryl methyl sites for hydroxylation is 2. The van der Waals surface area contributed by atoms with E-state index in [4.69, 9.17) is 21.8 Å². The van der Waals surface area contributed by atoms with Gasteiger partial charge < -0.3 is 15.5 Å². The summed E-state index contributed by atoms with van der Waals surface area (Å²) >= 11 is 7.60. The van der Waals surface area contributed by atoms with Crippen molar-refractivity contribution in [2.45, 2.75) is 32.6 Å². The van der Waals surface area contributed by atoms with E-state index in [0.717, 1.165) is 47.3 Å². The second kappa shape index (κ2) is 7.45. The number of carbonyl (C=O) groups is 2. The Morgan fingerprint density at radius 3 is 2.71 bits per heavy atom. The van der Waals surface area contributed by atoms with Crippen molar-refractivity contribution in [1.29, 1.82) is 0 Å². The molecule has 2 heterocycles. The number of nitrogens with two attached hydrogens (primary N) is 1. The maximum absolute atomic E-state index is 12.7. The maximum atomic E-state index is 12.7. The molecule has 0 saturated heterocycles. The van der Waals surface area contributed by atoms with Gasteiger partial charge in [-0.05, 0) is 61.9 Å². The lowest BCUT2D eigenvalue weighted by Gasteiger charge is -2.11. The van der Waals surface area contributed by atoms with Gasteiger partial charge >= 0.3 is 0 Å². The molecule has 0 saturated carbocycles. The van der Waals surface area contributed by atoms with E-state index in [1.807, 2.05) is 19.1 Å². The molecule has 0 fully saturated rings. The summed E-state index contributed by atoms with van der Waals surface area (Å²) < 4.78 is 5.72. The molecule has 7 heteroatoms. The molecular formula is C21H19ClN2O3S. The van der Waals surface area contributed by atoms with Crippen LogP contribution in [-0.2, 0) is 12.8 Å².